The third-order valence-corrected chi connectivity index (χ3v) is 2.84. The number of carbonyl (C=O) groups is 1. The number of anilines is 1. The van der Waals surface area contributed by atoms with Crippen molar-refractivity contribution in [3.63, 3.8) is 0 Å². The van der Waals surface area contributed by atoms with Crippen LogP contribution in [-0.2, 0) is 9.63 Å². The highest BCUT2D eigenvalue weighted by molar-refractivity contribution is 6.06. The first-order valence-electron chi connectivity index (χ1n) is 5.81. The molecule has 0 bridgehead atoms. The summed E-state index contributed by atoms with van der Waals surface area (Å²) in [5, 5.41) is 3.93. The van der Waals surface area contributed by atoms with Crippen LogP contribution in [0, 0.1) is 0 Å². The molecule has 0 aliphatic carbocycles. The Labute approximate surface area is 101 Å². The molecule has 0 atom stereocenters. The van der Waals surface area contributed by atoms with Gasteiger partial charge in [-0.1, -0.05) is 23.4 Å². The Morgan fingerprint density at radius 1 is 1.47 bits per heavy atom. The van der Waals surface area contributed by atoms with Crippen molar-refractivity contribution in [2.24, 2.45) is 5.16 Å². The normalized spacial score (nSPS) is 16.8. The summed E-state index contributed by atoms with van der Waals surface area (Å²) in [6.07, 6.45) is 0.804. The highest BCUT2D eigenvalue weighted by atomic mass is 16.7. The van der Waals surface area contributed by atoms with E-state index >= 15 is 0 Å². The summed E-state index contributed by atoms with van der Waals surface area (Å²) in [5.41, 5.74) is 3.06. The fraction of sp³-hybridized carbons (Fsp3) is 0.385. The van der Waals surface area contributed by atoms with Crippen molar-refractivity contribution in [1.29, 1.82) is 0 Å². The first-order chi connectivity index (χ1) is 8.22. The molecule has 0 saturated carbocycles. The van der Waals surface area contributed by atoms with Crippen molar-refractivity contribution in [1.82, 2.24) is 0 Å². The van der Waals surface area contributed by atoms with Crippen molar-refractivity contribution >= 4 is 17.4 Å². The van der Waals surface area contributed by atoms with Crippen LogP contribution < -0.4 is 4.90 Å². The van der Waals surface area contributed by atoms with Crippen LogP contribution in [0.2, 0.25) is 0 Å². The average molecular weight is 232 g/mol. The summed E-state index contributed by atoms with van der Waals surface area (Å²) >= 11 is 0. The minimum atomic E-state index is -0.382. The maximum absolute atomic E-state index is 10.8. The summed E-state index contributed by atoms with van der Waals surface area (Å²) in [4.78, 5) is 17.8. The highest BCUT2D eigenvalue weighted by Gasteiger charge is 2.20. The second kappa shape index (κ2) is 4.99. The lowest BCUT2D eigenvalue weighted by molar-refractivity contribution is -0.140. The van der Waals surface area contributed by atoms with Gasteiger partial charge in [0.05, 0.1) is 5.71 Å². The minimum absolute atomic E-state index is 0.382. The number of carbonyl (C=O) groups excluding carboxylic acids is 1. The van der Waals surface area contributed by atoms with Crippen molar-refractivity contribution < 1.29 is 9.63 Å². The Kier molecular flexibility index (Phi) is 3.42. The molecule has 4 heteroatoms. The largest absolute Gasteiger partial charge is 0.371 e. The zero-order valence-corrected chi connectivity index (χ0v) is 10.1. The summed E-state index contributed by atoms with van der Waals surface area (Å²) < 4.78 is 0. The quantitative estimate of drug-likeness (QED) is 0.579. The monoisotopic (exact) mass is 232 g/mol. The van der Waals surface area contributed by atoms with Crippen LogP contribution in [0.4, 0.5) is 5.69 Å². The van der Waals surface area contributed by atoms with Gasteiger partial charge < -0.3 is 9.74 Å². The molecule has 0 N–H and O–H groups in total. The first-order valence-corrected chi connectivity index (χ1v) is 5.81. The van der Waals surface area contributed by atoms with Crippen LogP contribution in [-0.4, -0.2) is 24.8 Å². The van der Waals surface area contributed by atoms with Gasteiger partial charge in [-0.3, -0.25) is 0 Å². The number of hydrogen-bond acceptors (Lipinski definition) is 4. The van der Waals surface area contributed by atoms with E-state index in [1.807, 2.05) is 18.2 Å². The molecule has 0 spiro atoms. The molecule has 4 nitrogen and oxygen atoms in total. The zero-order valence-electron chi connectivity index (χ0n) is 10.1. The number of oxime groups is 1. The number of fused-ring (bicyclic) bond motifs is 1. The van der Waals surface area contributed by atoms with Crippen LogP contribution in [0.1, 0.15) is 25.8 Å². The number of rotatable bonds is 2. The van der Waals surface area contributed by atoms with Gasteiger partial charge in [-0.2, -0.15) is 0 Å². The molecule has 0 unspecified atom stereocenters. The number of nitrogens with zero attached hydrogens (tertiary/aromatic N) is 2. The van der Waals surface area contributed by atoms with Gasteiger partial charge in [-0.05, 0) is 13.0 Å². The third kappa shape index (κ3) is 2.46. The maximum atomic E-state index is 10.8. The van der Waals surface area contributed by atoms with E-state index in [0.29, 0.717) is 0 Å². The second-order valence-electron chi connectivity index (χ2n) is 3.97. The van der Waals surface area contributed by atoms with E-state index < -0.39 is 0 Å². The zero-order chi connectivity index (χ0) is 12.3. The molecule has 0 radical (unpaired) electrons. The van der Waals surface area contributed by atoms with E-state index in [2.05, 4.69) is 23.0 Å². The lowest BCUT2D eigenvalue weighted by Crippen LogP contribution is -2.32. The SMILES string of the molecule is CCN1CC/C(=N\OC(C)=O)c2ccccc21. The Morgan fingerprint density at radius 2 is 2.24 bits per heavy atom. The standard InChI is InChI=1S/C13H16N2O2/c1-3-15-9-8-12(14-17-10(2)16)11-6-4-5-7-13(11)15/h4-7H,3,8-9H2,1-2H3/b14-12+. The van der Waals surface area contributed by atoms with Crippen LogP contribution >= 0.6 is 0 Å². The molecule has 90 valence electrons. The molecule has 0 saturated heterocycles. The Balaban J connectivity index is 2.34. The van der Waals surface area contributed by atoms with E-state index in [9.17, 15) is 4.79 Å². The number of benzene rings is 1. The van der Waals surface area contributed by atoms with Crippen LogP contribution in [0.25, 0.3) is 0 Å². The lowest BCUT2D eigenvalue weighted by Gasteiger charge is -2.30. The Morgan fingerprint density at radius 3 is 2.94 bits per heavy atom. The van der Waals surface area contributed by atoms with Crippen molar-refractivity contribution in [2.75, 3.05) is 18.0 Å². The fourth-order valence-electron chi connectivity index (χ4n) is 2.03. The summed E-state index contributed by atoms with van der Waals surface area (Å²) in [5.74, 6) is -0.382. The van der Waals surface area contributed by atoms with Gasteiger partial charge >= 0.3 is 5.97 Å². The van der Waals surface area contributed by atoms with E-state index in [1.165, 1.54) is 6.92 Å². The molecule has 1 aliphatic rings. The molecule has 1 aromatic carbocycles. The molecule has 0 fully saturated rings. The topological polar surface area (TPSA) is 41.9 Å². The molecular formula is C13H16N2O2. The molecule has 1 aromatic rings. The van der Waals surface area contributed by atoms with E-state index in [0.717, 1.165) is 36.5 Å². The van der Waals surface area contributed by atoms with Crippen molar-refractivity contribution in [2.45, 2.75) is 20.3 Å². The van der Waals surface area contributed by atoms with Gasteiger partial charge in [-0.25, -0.2) is 4.79 Å². The van der Waals surface area contributed by atoms with Gasteiger partial charge in [0.2, 0.25) is 0 Å². The average Bonchev–Trinajstić information content (AvgIpc) is 2.35. The molecule has 1 aliphatic heterocycles. The van der Waals surface area contributed by atoms with E-state index in [4.69, 9.17) is 4.84 Å². The van der Waals surface area contributed by atoms with Crippen LogP contribution in [0.3, 0.4) is 0 Å². The summed E-state index contributed by atoms with van der Waals surface area (Å²) in [7, 11) is 0. The van der Waals surface area contributed by atoms with Gasteiger partial charge in [0, 0.05) is 37.7 Å². The lowest BCUT2D eigenvalue weighted by atomic mass is 10.00. The number of para-hydroxylation sites is 1. The van der Waals surface area contributed by atoms with Gasteiger partial charge in [0.15, 0.2) is 0 Å². The highest BCUT2D eigenvalue weighted by Crippen LogP contribution is 2.26. The van der Waals surface area contributed by atoms with Gasteiger partial charge in [0.25, 0.3) is 0 Å². The Bertz CT molecular complexity index is 454. The molecule has 0 amide bonds. The van der Waals surface area contributed by atoms with E-state index in [1.54, 1.807) is 0 Å². The smallest absolute Gasteiger partial charge is 0.331 e. The van der Waals surface area contributed by atoms with Crippen molar-refractivity contribution in [3.05, 3.63) is 29.8 Å². The Hall–Kier alpha value is -1.84. The fourth-order valence-corrected chi connectivity index (χ4v) is 2.03. The third-order valence-electron chi connectivity index (χ3n) is 2.84. The predicted octanol–water partition coefficient (Wildman–Crippen LogP) is 2.18. The second-order valence-corrected chi connectivity index (χ2v) is 3.97. The first kappa shape index (κ1) is 11.6. The van der Waals surface area contributed by atoms with Crippen molar-refractivity contribution in [3.8, 4) is 0 Å². The molecule has 2 rings (SSSR count). The minimum Gasteiger partial charge on any atom is -0.371 e. The van der Waals surface area contributed by atoms with Crippen LogP contribution in [0.5, 0.6) is 0 Å². The van der Waals surface area contributed by atoms with Gasteiger partial charge in [0.1, 0.15) is 0 Å². The maximum Gasteiger partial charge on any atom is 0.331 e. The molecular weight excluding hydrogens is 216 g/mol. The van der Waals surface area contributed by atoms with Gasteiger partial charge in [-0.15, -0.1) is 0 Å². The number of hydrogen-bond donors (Lipinski definition) is 0. The molecule has 1 heterocycles. The molecule has 0 aromatic heterocycles. The summed E-state index contributed by atoms with van der Waals surface area (Å²) in [6.45, 7) is 5.37. The summed E-state index contributed by atoms with van der Waals surface area (Å²) in [6, 6.07) is 8.07. The molecule has 17 heavy (non-hydrogen) atoms. The van der Waals surface area contributed by atoms with E-state index in [-0.39, 0.29) is 5.97 Å². The van der Waals surface area contributed by atoms with Crippen LogP contribution in [0.15, 0.2) is 29.4 Å². The predicted molar refractivity (Wildman–Crippen MR) is 67.2 cm³/mol.